The van der Waals surface area contributed by atoms with Gasteiger partial charge in [0.05, 0.1) is 17.7 Å². The van der Waals surface area contributed by atoms with Crippen molar-refractivity contribution in [1.82, 2.24) is 4.98 Å². The van der Waals surface area contributed by atoms with Gasteiger partial charge in [-0.1, -0.05) is 6.55 Å². The molecular weight excluding hydrogens is 267 g/mol. The number of hydrogen-bond donors (Lipinski definition) is 1. The van der Waals surface area contributed by atoms with Gasteiger partial charge in [0, 0.05) is 21.8 Å². The van der Waals surface area contributed by atoms with Crippen LogP contribution in [0.3, 0.4) is 0 Å². The van der Waals surface area contributed by atoms with Gasteiger partial charge in [-0.3, -0.25) is 0 Å². The first-order chi connectivity index (χ1) is 8.36. The highest BCUT2D eigenvalue weighted by Crippen LogP contribution is 2.33. The van der Waals surface area contributed by atoms with Crippen LogP contribution in [0.15, 0.2) is 12.3 Å². The second kappa shape index (κ2) is 5.85. The molecule has 8 heteroatoms. The molecule has 0 aromatic carbocycles. The highest BCUT2D eigenvalue weighted by molar-refractivity contribution is 6.33. The van der Waals surface area contributed by atoms with E-state index in [1.165, 1.54) is 0 Å². The zero-order valence-electron chi connectivity index (χ0n) is 9.41. The molecule has 1 aromatic heterocycles. The summed E-state index contributed by atoms with van der Waals surface area (Å²) < 4.78 is 42.9. The van der Waals surface area contributed by atoms with E-state index in [1.54, 1.807) is 0 Å². The molecule has 0 bridgehead atoms. The first-order valence-corrected chi connectivity index (χ1v) is 6.65. The Morgan fingerprint density at radius 3 is 2.72 bits per heavy atom. The monoisotopic (exact) mass is 277 g/mol. The molecule has 0 atom stereocenters. The third-order valence-corrected chi connectivity index (χ3v) is 2.72. The maximum Gasteiger partial charge on any atom is 0.417 e. The molecule has 0 saturated carbocycles. The lowest BCUT2D eigenvalue weighted by atomic mass is 10.1. The van der Waals surface area contributed by atoms with E-state index in [-0.39, 0.29) is 12.5 Å². The Morgan fingerprint density at radius 1 is 1.56 bits per heavy atom. The van der Waals surface area contributed by atoms with E-state index in [2.05, 4.69) is 4.98 Å². The lowest BCUT2D eigenvalue weighted by molar-refractivity contribution is -0.138. The molecule has 0 fully saturated rings. The van der Waals surface area contributed by atoms with E-state index in [0.29, 0.717) is 27.8 Å². The van der Waals surface area contributed by atoms with Crippen molar-refractivity contribution in [2.24, 2.45) is 0 Å². The van der Waals surface area contributed by atoms with Crippen LogP contribution in [-0.2, 0) is 6.18 Å². The fraction of sp³-hybridized carbons (Fsp3) is 0.400. The van der Waals surface area contributed by atoms with Crippen LogP contribution in [0.25, 0.3) is 0 Å². The molecule has 2 radical (unpaired) electrons. The van der Waals surface area contributed by atoms with Gasteiger partial charge in [-0.25, -0.2) is 9.78 Å². The van der Waals surface area contributed by atoms with Gasteiger partial charge in [0.25, 0.3) is 0 Å². The zero-order chi connectivity index (χ0) is 13.8. The first kappa shape index (κ1) is 14.5. The molecule has 0 saturated heterocycles. The topological polar surface area (TPSA) is 59.4 Å². The highest BCUT2D eigenvalue weighted by atomic mass is 28.2. The van der Waals surface area contributed by atoms with Gasteiger partial charge in [0.15, 0.2) is 0 Å². The van der Waals surface area contributed by atoms with Gasteiger partial charge in [-0.2, -0.15) is 13.2 Å². The van der Waals surface area contributed by atoms with Gasteiger partial charge in [-0.05, 0) is 6.04 Å². The quantitative estimate of drug-likeness (QED) is 0.663. The average Bonchev–Trinajstić information content (AvgIpc) is 2.28. The maximum atomic E-state index is 12.6. The number of nitrogens with zero attached hydrogens (tertiary/aromatic N) is 1. The predicted molar refractivity (Wildman–Crippen MR) is 58.1 cm³/mol. The third-order valence-electron chi connectivity index (χ3n) is 2.02. The minimum Gasteiger partial charge on any atom is -0.478 e. The number of pyridine rings is 1. The lowest BCUT2D eigenvalue weighted by Crippen LogP contribution is -2.14. The summed E-state index contributed by atoms with van der Waals surface area (Å²) in [6.07, 6.45) is -4.09. The summed E-state index contributed by atoms with van der Waals surface area (Å²) in [6, 6.07) is 1.33. The number of halogens is 3. The van der Waals surface area contributed by atoms with Crippen molar-refractivity contribution in [3.63, 3.8) is 0 Å². The summed E-state index contributed by atoms with van der Waals surface area (Å²) in [4.78, 5) is 14.2. The Balaban J connectivity index is 3.02. The molecule has 1 rings (SSSR count). The second-order valence-electron chi connectivity index (χ2n) is 3.32. The smallest absolute Gasteiger partial charge is 0.417 e. The van der Waals surface area contributed by atoms with Crippen molar-refractivity contribution in [3.8, 4) is 5.88 Å². The SMILES string of the molecule is C[Si]CCOc1cc(C(F)(F)F)c(C(=O)O)cn1. The van der Waals surface area contributed by atoms with Gasteiger partial charge in [0.1, 0.15) is 0 Å². The molecule has 0 aliphatic carbocycles. The molecule has 0 aliphatic heterocycles. The molecule has 0 unspecified atom stereocenters. The molecule has 0 spiro atoms. The Morgan fingerprint density at radius 2 is 2.22 bits per heavy atom. The van der Waals surface area contributed by atoms with Crippen LogP contribution in [0.4, 0.5) is 13.2 Å². The Bertz CT molecular complexity index is 437. The summed E-state index contributed by atoms with van der Waals surface area (Å²) in [6.45, 7) is 2.19. The minimum absolute atomic E-state index is 0.217. The largest absolute Gasteiger partial charge is 0.478 e. The summed E-state index contributed by atoms with van der Waals surface area (Å²) in [5, 5.41) is 8.65. The van der Waals surface area contributed by atoms with E-state index < -0.39 is 23.3 Å². The molecule has 0 amide bonds. The van der Waals surface area contributed by atoms with Crippen molar-refractivity contribution >= 4 is 15.5 Å². The van der Waals surface area contributed by atoms with Crippen molar-refractivity contribution in [3.05, 3.63) is 23.4 Å². The molecule has 1 heterocycles. The van der Waals surface area contributed by atoms with Gasteiger partial charge in [0.2, 0.25) is 5.88 Å². The van der Waals surface area contributed by atoms with E-state index in [1.807, 2.05) is 6.55 Å². The number of hydrogen-bond acceptors (Lipinski definition) is 3. The molecule has 1 aromatic rings. The summed E-state index contributed by atoms with van der Waals surface area (Å²) in [7, 11) is 0.620. The fourth-order valence-corrected chi connectivity index (χ4v) is 1.48. The number of rotatable bonds is 5. The summed E-state index contributed by atoms with van der Waals surface area (Å²) in [5.74, 6) is -1.89. The number of carboxylic acids is 1. The summed E-state index contributed by atoms with van der Waals surface area (Å²) in [5.41, 5.74) is -2.13. The number of ether oxygens (including phenoxy) is 1. The Hall–Kier alpha value is -1.57. The van der Waals surface area contributed by atoms with Crippen molar-refractivity contribution < 1.29 is 27.8 Å². The highest BCUT2D eigenvalue weighted by Gasteiger charge is 2.36. The lowest BCUT2D eigenvalue weighted by Gasteiger charge is -2.11. The van der Waals surface area contributed by atoms with Gasteiger partial charge >= 0.3 is 12.1 Å². The van der Waals surface area contributed by atoms with Gasteiger partial charge in [-0.15, -0.1) is 0 Å². The van der Waals surface area contributed by atoms with E-state index in [0.717, 1.165) is 0 Å². The molecule has 4 nitrogen and oxygen atoms in total. The average molecular weight is 277 g/mol. The van der Waals surface area contributed by atoms with E-state index in [4.69, 9.17) is 9.84 Å². The summed E-state index contributed by atoms with van der Waals surface area (Å²) >= 11 is 0. The van der Waals surface area contributed by atoms with Crippen molar-refractivity contribution in [1.29, 1.82) is 0 Å². The molecule has 1 N–H and O–H groups in total. The standard InChI is InChI=1S/C10H10F3NO3Si/c1-18-3-2-17-8-4-7(10(11,12)13)6(5-14-8)9(15)16/h4-5H,2-3H2,1H3,(H,15,16). The maximum absolute atomic E-state index is 12.6. The normalized spacial score (nSPS) is 11.3. The Labute approximate surface area is 104 Å². The van der Waals surface area contributed by atoms with E-state index in [9.17, 15) is 18.0 Å². The molecule has 98 valence electrons. The van der Waals surface area contributed by atoms with Crippen LogP contribution >= 0.6 is 0 Å². The third kappa shape index (κ3) is 3.72. The van der Waals surface area contributed by atoms with Crippen LogP contribution in [0.1, 0.15) is 15.9 Å². The minimum atomic E-state index is -4.75. The molecule has 0 aliphatic rings. The number of carboxylic acid groups (broad SMARTS) is 1. The van der Waals surface area contributed by atoms with Crippen LogP contribution < -0.4 is 4.74 Å². The number of aromatic nitrogens is 1. The van der Waals surface area contributed by atoms with Crippen LogP contribution in [-0.4, -0.2) is 32.2 Å². The fourth-order valence-electron chi connectivity index (χ4n) is 1.18. The van der Waals surface area contributed by atoms with Crippen molar-refractivity contribution in [2.75, 3.05) is 6.61 Å². The number of carbonyl (C=O) groups is 1. The molecular formula is C10H10F3NO3Si. The van der Waals surface area contributed by atoms with Gasteiger partial charge < -0.3 is 9.84 Å². The van der Waals surface area contributed by atoms with Crippen LogP contribution in [0.5, 0.6) is 5.88 Å². The van der Waals surface area contributed by atoms with Crippen molar-refractivity contribution in [2.45, 2.75) is 18.8 Å². The number of alkyl halides is 3. The van der Waals surface area contributed by atoms with Crippen LogP contribution in [0, 0.1) is 0 Å². The second-order valence-corrected chi connectivity index (χ2v) is 4.53. The Kier molecular flexibility index (Phi) is 4.71. The predicted octanol–water partition coefficient (Wildman–Crippen LogP) is 2.35. The van der Waals surface area contributed by atoms with E-state index >= 15 is 0 Å². The van der Waals surface area contributed by atoms with Crippen LogP contribution in [0.2, 0.25) is 12.6 Å². The zero-order valence-corrected chi connectivity index (χ0v) is 10.4. The first-order valence-electron chi connectivity index (χ1n) is 4.94. The molecule has 18 heavy (non-hydrogen) atoms. The number of aromatic carboxylic acids is 1.